The third-order valence-corrected chi connectivity index (χ3v) is 27.6. The van der Waals surface area contributed by atoms with Crippen LogP contribution in [-0.4, -0.2) is 44.1 Å². The van der Waals surface area contributed by atoms with Gasteiger partial charge >= 0.3 is 7.12 Å². The lowest BCUT2D eigenvalue weighted by Crippen LogP contribution is -3.00. The van der Waals surface area contributed by atoms with Gasteiger partial charge in [-0.1, -0.05) is 216 Å². The highest BCUT2D eigenvalue weighted by molar-refractivity contribution is 9.10. The van der Waals surface area contributed by atoms with Crippen molar-refractivity contribution in [3.05, 3.63) is 329 Å². The maximum absolute atomic E-state index is 13.8. The van der Waals surface area contributed by atoms with E-state index in [0.717, 1.165) is 65.6 Å². The number of aromatic nitrogens is 2. The number of halogens is 3. The number of hydrogen-bond acceptors (Lipinski definition) is 6. The van der Waals surface area contributed by atoms with Crippen LogP contribution in [0.25, 0.3) is 132 Å². The molecule has 6 aliphatic rings. The van der Waals surface area contributed by atoms with Gasteiger partial charge in [-0.3, -0.25) is 4.70 Å². The number of para-hydroxylation sites is 4. The quantitative estimate of drug-likeness (QED) is 0.129. The summed E-state index contributed by atoms with van der Waals surface area (Å²) < 4.78 is 71.7. The third-order valence-electron chi connectivity index (χ3n) is 23.3. The lowest BCUT2D eigenvalue weighted by molar-refractivity contribution is -0.0000276. The zero-order valence-corrected chi connectivity index (χ0v) is 63.1. The maximum atomic E-state index is 13.8. The standard InChI is InChI=1S/C43H25NO2S.C25H15BrO2S.C24H22BNO2.FH.HI/c45-47(46)40-20-17-26(25-16-19-34-35(22-25)33-13-7-12-32-28-8-1-2-11-31(28)43(34)42(32)33)23-36(40)37-24-27(18-21-41(37)47)44-38-14-5-3-9-29(38)30-10-4-6-15-39(30)44;26-16-10-12-24-22(14-16)21-13-15(9-11-23(21)29(24,27)28)25-19-7-3-1-5-17(19)18-6-2-4-8-20(18)25;1-23(2)24(3,4)28-25(27-23)15-12-13-21-19(14-15)18-10-7-9-17-16-8-5-6-11-20(16)26(21)22(17)18;;/h1-24,43H;1-14,25H;5-14H,1-4H3;2*1H/p-1. The number of sulfone groups is 2. The Balaban J connectivity index is 0.000000114. The first-order valence-corrected chi connectivity index (χ1v) is 39.1. The second-order valence-electron chi connectivity index (χ2n) is 29.3. The summed E-state index contributed by atoms with van der Waals surface area (Å²) in [7, 11) is -7.43. The first-order valence-electron chi connectivity index (χ1n) is 35.3. The van der Waals surface area contributed by atoms with Gasteiger partial charge in [0.2, 0.25) is 19.7 Å². The van der Waals surface area contributed by atoms with Crippen molar-refractivity contribution in [1.82, 2.24) is 8.97 Å². The number of nitrogens with zero attached hydrogens (tertiary/aromatic N) is 2. The van der Waals surface area contributed by atoms with Gasteiger partial charge in [0, 0.05) is 76.6 Å². The van der Waals surface area contributed by atoms with E-state index in [1.807, 2.05) is 24.3 Å². The molecule has 106 heavy (non-hydrogen) atoms. The van der Waals surface area contributed by atoms with Crippen LogP contribution in [0.3, 0.4) is 0 Å². The van der Waals surface area contributed by atoms with Gasteiger partial charge < -0.3 is 42.3 Å². The van der Waals surface area contributed by atoms with E-state index < -0.39 is 19.7 Å². The summed E-state index contributed by atoms with van der Waals surface area (Å²) in [5.41, 5.74) is 28.0. The summed E-state index contributed by atoms with van der Waals surface area (Å²) in [5.74, 6) is 0.365. The maximum Gasteiger partial charge on any atom is 0.494 e. The molecular formula is C92H63BBrFIN2O6S2-. The van der Waals surface area contributed by atoms with E-state index in [1.54, 1.807) is 30.3 Å². The Labute approximate surface area is 638 Å². The van der Waals surface area contributed by atoms with Crippen molar-refractivity contribution in [3.8, 4) is 72.4 Å². The van der Waals surface area contributed by atoms with E-state index >= 15 is 0 Å². The Hall–Kier alpha value is -10.3. The Bertz CT molecular complexity index is 6810. The molecule has 0 saturated carbocycles. The van der Waals surface area contributed by atoms with Gasteiger partial charge in [0.15, 0.2) is 0 Å². The van der Waals surface area contributed by atoms with Crippen molar-refractivity contribution in [1.29, 1.82) is 0 Å². The first-order chi connectivity index (χ1) is 50.5. The van der Waals surface area contributed by atoms with Crippen LogP contribution in [0.4, 0.5) is 4.70 Å². The van der Waals surface area contributed by atoms with Gasteiger partial charge in [-0.15, -0.1) is 0 Å². The number of fused-ring (bicyclic) bond motifs is 24. The van der Waals surface area contributed by atoms with E-state index in [9.17, 15) is 16.8 Å². The van der Waals surface area contributed by atoms with Crippen molar-refractivity contribution in [2.24, 2.45) is 0 Å². The molecule has 0 radical (unpaired) electrons. The fourth-order valence-electron chi connectivity index (χ4n) is 17.9. The van der Waals surface area contributed by atoms with E-state index in [0.29, 0.717) is 19.6 Å². The predicted octanol–water partition coefficient (Wildman–Crippen LogP) is 19.1. The van der Waals surface area contributed by atoms with Crippen LogP contribution >= 0.6 is 15.9 Å². The molecule has 3 aliphatic heterocycles. The molecule has 14 heteroatoms. The van der Waals surface area contributed by atoms with Crippen molar-refractivity contribution in [3.63, 3.8) is 0 Å². The van der Waals surface area contributed by atoms with Crippen LogP contribution in [-0.2, 0) is 29.0 Å². The summed E-state index contributed by atoms with van der Waals surface area (Å²) in [5, 5.41) is 7.49. The number of benzene rings is 14. The molecule has 1 atom stereocenters. The third kappa shape index (κ3) is 9.40. The van der Waals surface area contributed by atoms with Crippen LogP contribution in [0.15, 0.2) is 315 Å². The molecule has 0 spiro atoms. The zero-order valence-electron chi connectivity index (χ0n) is 57.8. The highest BCUT2D eigenvalue weighted by Gasteiger charge is 2.52. The van der Waals surface area contributed by atoms with Crippen LogP contribution in [0.5, 0.6) is 0 Å². The van der Waals surface area contributed by atoms with Crippen molar-refractivity contribution < 1.29 is 54.8 Å². The molecule has 0 bridgehead atoms. The van der Waals surface area contributed by atoms with Gasteiger partial charge in [-0.05, 0) is 202 Å². The second kappa shape index (κ2) is 23.9. The average Bonchev–Trinajstić information content (AvgIpc) is 1.60. The topological polar surface area (TPSA) is 96.1 Å². The fraction of sp³-hybridized carbons (Fsp3) is 0.0870. The fourth-order valence-corrected chi connectivity index (χ4v) is 21.6. The SMILES string of the molecule is CC1(C)OB(c2ccc3c(c2)c2cccc4c5ccccc5n3c42)OC1(C)C.F.O=S1(=O)c2ccc(-c3ccc4c(c3)-c3cccc5c3C4c3ccccc3-5)cc2-c2cc(-n3c4ccccc4c4ccccc43)ccc21.O=S1(=O)c2ccc(Br)cc2-c2cc(C3c4ccccc4-c4ccccc43)ccc21.[I-]. The van der Waals surface area contributed by atoms with Crippen LogP contribution in [0, 0.1) is 0 Å². The molecule has 14 aromatic carbocycles. The highest BCUT2D eigenvalue weighted by Crippen LogP contribution is 2.59. The molecule has 0 N–H and O–H groups in total. The van der Waals surface area contributed by atoms with Crippen molar-refractivity contribution in [2.75, 3.05) is 0 Å². The molecule has 23 rings (SSSR count). The minimum Gasteiger partial charge on any atom is -1.00 e. The Morgan fingerprint density at radius 2 is 0.783 bits per heavy atom. The molecule has 1 saturated heterocycles. The van der Waals surface area contributed by atoms with E-state index in [2.05, 4.69) is 289 Å². The summed E-state index contributed by atoms with van der Waals surface area (Å²) >= 11 is 3.49. The lowest BCUT2D eigenvalue weighted by atomic mass is 9.78. The largest absolute Gasteiger partial charge is 1.00 e. The van der Waals surface area contributed by atoms with Gasteiger partial charge in [-0.2, -0.15) is 0 Å². The second-order valence-corrected chi connectivity index (χ2v) is 34.0. The minimum atomic E-state index is -3.63. The van der Waals surface area contributed by atoms with Gasteiger partial charge in [0.25, 0.3) is 0 Å². The molecular weight excluding hydrogens is 1530 g/mol. The Morgan fingerprint density at radius 3 is 1.42 bits per heavy atom. The molecule has 1 fully saturated rings. The summed E-state index contributed by atoms with van der Waals surface area (Å²) in [6, 6.07) is 101. The van der Waals surface area contributed by atoms with Crippen molar-refractivity contribution >= 4 is 108 Å². The lowest BCUT2D eigenvalue weighted by Gasteiger charge is -2.32. The minimum absolute atomic E-state index is 0. The van der Waals surface area contributed by atoms with E-state index in [-0.39, 0.29) is 58.8 Å². The van der Waals surface area contributed by atoms with Gasteiger partial charge in [-0.25, -0.2) is 16.8 Å². The molecule has 1 unspecified atom stereocenters. The first kappa shape index (κ1) is 66.4. The molecule has 6 heterocycles. The molecule has 3 aliphatic carbocycles. The average molecular weight is 1590 g/mol. The molecule has 8 nitrogen and oxygen atoms in total. The smallest absolute Gasteiger partial charge is 0.494 e. The highest BCUT2D eigenvalue weighted by atomic mass is 127. The van der Waals surface area contributed by atoms with Gasteiger partial charge in [0.05, 0.1) is 58.4 Å². The van der Waals surface area contributed by atoms with E-state index in [4.69, 9.17) is 9.31 Å². The molecule has 0 amide bonds. The summed E-state index contributed by atoms with van der Waals surface area (Å²) in [6.45, 7) is 8.38. The summed E-state index contributed by atoms with van der Waals surface area (Å²) in [6.07, 6.45) is 0. The monoisotopic (exact) mass is 1590 g/mol. The normalized spacial score (nSPS) is 16.2. The van der Waals surface area contributed by atoms with Crippen LogP contribution in [0.2, 0.25) is 0 Å². The Kier molecular flexibility index (Phi) is 14.9. The van der Waals surface area contributed by atoms with Gasteiger partial charge in [0.1, 0.15) is 0 Å². The van der Waals surface area contributed by atoms with Crippen LogP contribution in [0.1, 0.15) is 72.9 Å². The summed E-state index contributed by atoms with van der Waals surface area (Å²) in [4.78, 5) is 1.53. The zero-order chi connectivity index (χ0) is 70.0. The Morgan fingerprint density at radius 1 is 0.358 bits per heavy atom. The number of hydrogen-bond donors (Lipinski definition) is 0. The van der Waals surface area contributed by atoms with Crippen molar-refractivity contribution in [2.45, 2.75) is 70.3 Å². The predicted molar refractivity (Wildman–Crippen MR) is 426 cm³/mol. The molecule has 514 valence electrons. The van der Waals surface area contributed by atoms with Crippen LogP contribution < -0.4 is 29.4 Å². The van der Waals surface area contributed by atoms with E-state index in [1.165, 1.54) is 110 Å². The molecule has 17 aromatic rings. The molecule has 3 aromatic heterocycles. The number of rotatable bonds is 4.